The minimum atomic E-state index is -0.247. The highest BCUT2D eigenvalue weighted by Crippen LogP contribution is 2.40. The van der Waals surface area contributed by atoms with Gasteiger partial charge in [0.1, 0.15) is 24.7 Å². The fourth-order valence-corrected chi connectivity index (χ4v) is 3.02. The Labute approximate surface area is 123 Å². The van der Waals surface area contributed by atoms with Crippen molar-refractivity contribution in [1.82, 2.24) is 0 Å². The zero-order chi connectivity index (χ0) is 14.3. The fraction of sp³-hybridized carbons (Fsp3) is 0.375. The monoisotopic (exact) mass is 292 g/mol. The summed E-state index contributed by atoms with van der Waals surface area (Å²) in [6.07, 6.45) is 0. The molecule has 0 saturated heterocycles. The number of ether oxygens (including phenoxy) is 2. The highest BCUT2D eigenvalue weighted by molar-refractivity contribution is 6.22. The van der Waals surface area contributed by atoms with Crippen LogP contribution in [0.15, 0.2) is 22.6 Å². The zero-order valence-corrected chi connectivity index (χ0v) is 12.6. The molecule has 3 rings (SSSR count). The lowest BCUT2D eigenvalue weighted by Gasteiger charge is -2.20. The Morgan fingerprint density at radius 1 is 1.00 bits per heavy atom. The first-order chi connectivity index (χ1) is 9.58. The van der Waals surface area contributed by atoms with Gasteiger partial charge in [0.15, 0.2) is 11.5 Å². The number of fused-ring (bicyclic) bond motifs is 1. The Hall–Kier alpha value is -1.61. The summed E-state index contributed by atoms with van der Waals surface area (Å²) in [6.45, 7) is 7.11. The molecule has 1 atom stereocenters. The average molecular weight is 293 g/mol. The summed E-state index contributed by atoms with van der Waals surface area (Å²) in [5.74, 6) is 3.33. The number of hydrogen-bond donors (Lipinski definition) is 0. The molecule has 0 saturated carbocycles. The van der Waals surface area contributed by atoms with Crippen LogP contribution < -0.4 is 9.47 Å². The Balaban J connectivity index is 2.00. The molecule has 1 unspecified atom stereocenters. The largest absolute Gasteiger partial charge is 0.486 e. The van der Waals surface area contributed by atoms with Crippen LogP contribution >= 0.6 is 11.6 Å². The van der Waals surface area contributed by atoms with E-state index in [-0.39, 0.29) is 5.38 Å². The van der Waals surface area contributed by atoms with Crippen LogP contribution in [0, 0.1) is 20.8 Å². The highest BCUT2D eigenvalue weighted by atomic mass is 35.5. The van der Waals surface area contributed by atoms with Crippen LogP contribution in [0.4, 0.5) is 0 Å². The van der Waals surface area contributed by atoms with Gasteiger partial charge in [-0.2, -0.15) is 0 Å². The summed E-state index contributed by atoms with van der Waals surface area (Å²) in [7, 11) is 0. The summed E-state index contributed by atoms with van der Waals surface area (Å²) >= 11 is 6.64. The quantitative estimate of drug-likeness (QED) is 0.773. The lowest BCUT2D eigenvalue weighted by molar-refractivity contribution is 0.171. The predicted molar refractivity (Wildman–Crippen MR) is 78.0 cm³/mol. The molecule has 2 aromatic rings. The molecule has 0 aliphatic carbocycles. The van der Waals surface area contributed by atoms with Gasteiger partial charge in [-0.05, 0) is 44.0 Å². The second-order valence-corrected chi connectivity index (χ2v) is 5.46. The number of alkyl halides is 1. The van der Waals surface area contributed by atoms with Gasteiger partial charge in [0.25, 0.3) is 0 Å². The first kappa shape index (κ1) is 13.4. The molecule has 0 bridgehead atoms. The van der Waals surface area contributed by atoms with Crippen molar-refractivity contribution in [3.05, 3.63) is 46.4 Å². The maximum Gasteiger partial charge on any atom is 0.161 e. The molecule has 106 valence electrons. The van der Waals surface area contributed by atoms with Crippen LogP contribution in [0.3, 0.4) is 0 Å². The lowest BCUT2D eigenvalue weighted by Crippen LogP contribution is -2.15. The van der Waals surface area contributed by atoms with Gasteiger partial charge in [0.05, 0.1) is 5.38 Å². The molecule has 1 aromatic heterocycles. The Morgan fingerprint density at radius 3 is 2.35 bits per heavy atom. The van der Waals surface area contributed by atoms with Crippen molar-refractivity contribution < 1.29 is 13.9 Å². The van der Waals surface area contributed by atoms with E-state index in [9.17, 15) is 0 Å². The molecular weight excluding hydrogens is 276 g/mol. The number of aryl methyl sites for hydroxylation is 2. The fourth-order valence-electron chi connectivity index (χ4n) is 2.57. The van der Waals surface area contributed by atoms with Crippen LogP contribution in [0.1, 0.15) is 33.6 Å². The molecule has 0 amide bonds. The van der Waals surface area contributed by atoms with Gasteiger partial charge in [0.2, 0.25) is 0 Å². The van der Waals surface area contributed by atoms with E-state index in [1.807, 2.05) is 39.0 Å². The first-order valence-corrected chi connectivity index (χ1v) is 7.11. The molecule has 1 aliphatic rings. The molecule has 0 fully saturated rings. The maximum atomic E-state index is 6.64. The minimum absolute atomic E-state index is 0.247. The van der Waals surface area contributed by atoms with Crippen LogP contribution in [-0.2, 0) is 0 Å². The smallest absolute Gasteiger partial charge is 0.161 e. The normalized spacial score (nSPS) is 15.2. The third kappa shape index (κ3) is 2.16. The zero-order valence-electron chi connectivity index (χ0n) is 11.8. The van der Waals surface area contributed by atoms with Crippen molar-refractivity contribution in [2.24, 2.45) is 0 Å². The van der Waals surface area contributed by atoms with Crippen LogP contribution in [0.25, 0.3) is 0 Å². The molecule has 20 heavy (non-hydrogen) atoms. The first-order valence-electron chi connectivity index (χ1n) is 6.68. The standard InChI is InChI=1S/C16H17ClO3/c1-9-10(2)20-11(3)15(9)16(17)12-4-5-13-14(8-12)19-7-6-18-13/h4-5,8,16H,6-7H2,1-3H3. The molecule has 4 heteroatoms. The van der Waals surface area contributed by atoms with E-state index in [0.717, 1.165) is 39.7 Å². The minimum Gasteiger partial charge on any atom is -0.486 e. The Kier molecular flexibility index (Phi) is 3.38. The van der Waals surface area contributed by atoms with E-state index >= 15 is 0 Å². The topological polar surface area (TPSA) is 31.6 Å². The predicted octanol–water partition coefficient (Wildman–Crippen LogP) is 4.30. The molecule has 0 radical (unpaired) electrons. The summed E-state index contributed by atoms with van der Waals surface area (Å²) in [5, 5.41) is -0.247. The Bertz CT molecular complexity index is 645. The van der Waals surface area contributed by atoms with Crippen molar-refractivity contribution in [2.75, 3.05) is 13.2 Å². The van der Waals surface area contributed by atoms with Gasteiger partial charge in [-0.1, -0.05) is 6.07 Å². The van der Waals surface area contributed by atoms with Gasteiger partial charge in [-0.15, -0.1) is 11.6 Å². The highest BCUT2D eigenvalue weighted by Gasteiger charge is 2.22. The van der Waals surface area contributed by atoms with E-state index in [0.29, 0.717) is 13.2 Å². The van der Waals surface area contributed by atoms with E-state index in [4.69, 9.17) is 25.5 Å². The van der Waals surface area contributed by atoms with E-state index < -0.39 is 0 Å². The number of hydrogen-bond acceptors (Lipinski definition) is 3. The van der Waals surface area contributed by atoms with E-state index in [1.54, 1.807) is 0 Å². The van der Waals surface area contributed by atoms with Crippen molar-refractivity contribution >= 4 is 11.6 Å². The SMILES string of the molecule is Cc1oc(C)c(C(Cl)c2ccc3c(c2)OCCO3)c1C. The molecule has 1 aromatic carbocycles. The number of halogens is 1. The second-order valence-electron chi connectivity index (χ2n) is 5.02. The van der Waals surface area contributed by atoms with Gasteiger partial charge >= 0.3 is 0 Å². The second kappa shape index (κ2) is 5.06. The number of furan rings is 1. The maximum absolute atomic E-state index is 6.64. The van der Waals surface area contributed by atoms with Crippen molar-refractivity contribution in [1.29, 1.82) is 0 Å². The third-order valence-electron chi connectivity index (χ3n) is 3.73. The Morgan fingerprint density at radius 2 is 1.70 bits per heavy atom. The molecule has 1 aliphatic heterocycles. The molecular formula is C16H17ClO3. The molecule has 2 heterocycles. The molecule has 0 spiro atoms. The van der Waals surface area contributed by atoms with Gasteiger partial charge in [-0.3, -0.25) is 0 Å². The van der Waals surface area contributed by atoms with Crippen molar-refractivity contribution in [2.45, 2.75) is 26.1 Å². The van der Waals surface area contributed by atoms with E-state index in [1.165, 1.54) is 0 Å². The molecule has 3 nitrogen and oxygen atoms in total. The van der Waals surface area contributed by atoms with Gasteiger partial charge in [0, 0.05) is 5.56 Å². The number of benzene rings is 1. The van der Waals surface area contributed by atoms with Gasteiger partial charge in [-0.25, -0.2) is 0 Å². The average Bonchev–Trinajstić information content (AvgIpc) is 2.71. The summed E-state index contributed by atoms with van der Waals surface area (Å²) < 4.78 is 16.8. The van der Waals surface area contributed by atoms with Crippen LogP contribution in [-0.4, -0.2) is 13.2 Å². The summed E-state index contributed by atoms with van der Waals surface area (Å²) in [4.78, 5) is 0. The number of rotatable bonds is 2. The summed E-state index contributed by atoms with van der Waals surface area (Å²) in [5.41, 5.74) is 3.14. The van der Waals surface area contributed by atoms with Crippen molar-refractivity contribution in [3.8, 4) is 11.5 Å². The summed E-state index contributed by atoms with van der Waals surface area (Å²) in [6, 6.07) is 5.84. The van der Waals surface area contributed by atoms with Crippen LogP contribution in [0.2, 0.25) is 0 Å². The van der Waals surface area contributed by atoms with Gasteiger partial charge < -0.3 is 13.9 Å². The lowest BCUT2D eigenvalue weighted by atomic mass is 10.0. The molecule has 0 N–H and O–H groups in total. The van der Waals surface area contributed by atoms with E-state index in [2.05, 4.69) is 0 Å². The van der Waals surface area contributed by atoms with Crippen LogP contribution in [0.5, 0.6) is 11.5 Å². The third-order valence-corrected chi connectivity index (χ3v) is 4.20. The van der Waals surface area contributed by atoms with Crippen molar-refractivity contribution in [3.63, 3.8) is 0 Å².